The van der Waals surface area contributed by atoms with Crippen LogP contribution in [0, 0.1) is 11.8 Å². The average Bonchev–Trinajstić information content (AvgIpc) is 3.53. The third kappa shape index (κ3) is 5.40. The number of carbonyl (C=O) groups is 3. The molecular weight excluding hydrogens is 574 g/mol. The van der Waals surface area contributed by atoms with Crippen molar-refractivity contribution in [1.29, 1.82) is 0 Å². The first kappa shape index (κ1) is 30.5. The fraction of sp³-hybridized carbons (Fsp3) is 0.581. The molecule has 1 N–H and O–H groups in total. The van der Waals surface area contributed by atoms with Crippen LogP contribution in [0.4, 0.5) is 0 Å². The number of nitrogens with zero attached hydrogens (tertiary/aromatic N) is 3. The number of benzene rings is 1. The summed E-state index contributed by atoms with van der Waals surface area (Å²) >= 11 is 3.75. The van der Waals surface area contributed by atoms with Crippen LogP contribution in [0.2, 0.25) is 0 Å². The van der Waals surface area contributed by atoms with Gasteiger partial charge in [0.15, 0.2) is 0 Å². The minimum Gasteiger partial charge on any atom is -0.396 e. The van der Waals surface area contributed by atoms with Gasteiger partial charge in [0.05, 0.1) is 17.9 Å². The van der Waals surface area contributed by atoms with Crippen molar-refractivity contribution in [3.8, 4) is 0 Å². The number of alkyl halides is 1. The van der Waals surface area contributed by atoms with E-state index in [2.05, 4.69) is 36.0 Å². The van der Waals surface area contributed by atoms with E-state index in [1.54, 1.807) is 26.9 Å². The monoisotopic (exact) mass is 615 g/mol. The molecule has 3 saturated heterocycles. The molecule has 3 amide bonds. The van der Waals surface area contributed by atoms with Crippen molar-refractivity contribution in [2.75, 3.05) is 26.2 Å². The largest absolute Gasteiger partial charge is 0.396 e. The van der Waals surface area contributed by atoms with E-state index >= 15 is 0 Å². The molecule has 3 aliphatic heterocycles. The first-order valence-corrected chi connectivity index (χ1v) is 15.2. The molecule has 3 aliphatic rings. The van der Waals surface area contributed by atoms with E-state index < -0.39 is 29.6 Å². The Bertz CT molecular complexity index is 1100. The Morgan fingerprint density at radius 3 is 2.55 bits per heavy atom. The Kier molecular flexibility index (Phi) is 9.90. The number of aliphatic hydroxyl groups excluding tert-OH is 1. The Hall–Kier alpha value is -2.49. The van der Waals surface area contributed by atoms with Crippen molar-refractivity contribution in [2.24, 2.45) is 11.8 Å². The highest BCUT2D eigenvalue weighted by molar-refractivity contribution is 9.09. The third-order valence-electron chi connectivity index (χ3n) is 8.59. The second kappa shape index (κ2) is 13.0. The summed E-state index contributed by atoms with van der Waals surface area (Å²) in [5.41, 5.74) is -0.145. The summed E-state index contributed by atoms with van der Waals surface area (Å²) in [6, 6.07) is 8.80. The van der Waals surface area contributed by atoms with Gasteiger partial charge in [0, 0.05) is 43.7 Å². The molecule has 0 aliphatic carbocycles. The first-order valence-electron chi connectivity index (χ1n) is 14.3. The van der Waals surface area contributed by atoms with Gasteiger partial charge in [0.1, 0.15) is 11.6 Å². The molecule has 1 aromatic carbocycles. The maximum atomic E-state index is 14.4. The normalized spacial score (nSPS) is 29.2. The molecule has 218 valence electrons. The number of hydrogen-bond donors (Lipinski definition) is 1. The SMILES string of the molecule is C=CCN(Cc1ccccc1)C(=O)[C@H]1[C@@H]2OC3(CC2Br)C(C(=O)N(CC=C)C(C)CCC)N(CCCO)C(=O)[C@H]13. The van der Waals surface area contributed by atoms with Gasteiger partial charge in [-0.2, -0.15) is 0 Å². The second-order valence-electron chi connectivity index (χ2n) is 11.2. The third-order valence-corrected chi connectivity index (χ3v) is 9.43. The quantitative estimate of drug-likeness (QED) is 0.255. The molecular formula is C31H42BrN3O5. The van der Waals surface area contributed by atoms with Crippen molar-refractivity contribution < 1.29 is 24.2 Å². The standard InChI is InChI=1S/C31H42BrN3O5/c1-5-12-21(4)34(16-7-3)30(39)27-31-19-23(32)26(40-31)24(25(31)29(38)35(27)17-11-18-36)28(37)33(15-6-2)20-22-13-9-8-10-14-22/h6-10,13-14,21,23-27,36H,2-3,5,11-12,15-20H2,1,4H3/t21?,23?,24-,25+,26-,27?,31?/m1/s1. The molecule has 3 heterocycles. The average molecular weight is 617 g/mol. The second-order valence-corrected chi connectivity index (χ2v) is 12.4. The van der Waals surface area contributed by atoms with Gasteiger partial charge in [0.2, 0.25) is 17.7 Å². The number of aliphatic hydroxyl groups is 1. The molecule has 4 rings (SSSR count). The highest BCUT2D eigenvalue weighted by Gasteiger charge is 2.76. The summed E-state index contributed by atoms with van der Waals surface area (Å²) in [7, 11) is 0. The molecule has 2 bridgehead atoms. The molecule has 1 aromatic rings. The van der Waals surface area contributed by atoms with Crippen LogP contribution < -0.4 is 0 Å². The van der Waals surface area contributed by atoms with Gasteiger partial charge in [-0.25, -0.2) is 0 Å². The maximum Gasteiger partial charge on any atom is 0.248 e. The summed E-state index contributed by atoms with van der Waals surface area (Å²) in [6.45, 7) is 13.0. The van der Waals surface area contributed by atoms with Gasteiger partial charge in [-0.15, -0.1) is 13.2 Å². The number of ether oxygens (including phenoxy) is 1. The van der Waals surface area contributed by atoms with E-state index in [0.717, 1.165) is 18.4 Å². The summed E-state index contributed by atoms with van der Waals surface area (Å²) in [5.74, 6) is -2.11. The van der Waals surface area contributed by atoms with E-state index in [4.69, 9.17) is 4.74 Å². The number of fused-ring (bicyclic) bond motifs is 1. The zero-order chi connectivity index (χ0) is 29.0. The fourth-order valence-electron chi connectivity index (χ4n) is 6.93. The molecule has 0 aromatic heterocycles. The van der Waals surface area contributed by atoms with Crippen LogP contribution in [0.3, 0.4) is 0 Å². The molecule has 40 heavy (non-hydrogen) atoms. The van der Waals surface area contributed by atoms with Gasteiger partial charge in [-0.05, 0) is 31.7 Å². The van der Waals surface area contributed by atoms with Crippen LogP contribution in [0.5, 0.6) is 0 Å². The number of rotatable bonds is 14. The number of amides is 3. The zero-order valence-corrected chi connectivity index (χ0v) is 25.2. The van der Waals surface area contributed by atoms with Crippen LogP contribution >= 0.6 is 15.9 Å². The number of carbonyl (C=O) groups excluding carboxylic acids is 3. The molecule has 3 fully saturated rings. The molecule has 8 nitrogen and oxygen atoms in total. The Morgan fingerprint density at radius 1 is 1.23 bits per heavy atom. The molecule has 7 atom stereocenters. The van der Waals surface area contributed by atoms with Gasteiger partial charge >= 0.3 is 0 Å². The number of halogens is 1. The number of hydrogen-bond acceptors (Lipinski definition) is 5. The summed E-state index contributed by atoms with van der Waals surface area (Å²) in [6.07, 6.45) is 5.38. The van der Waals surface area contributed by atoms with Gasteiger partial charge in [-0.3, -0.25) is 14.4 Å². The van der Waals surface area contributed by atoms with Crippen molar-refractivity contribution in [2.45, 2.75) is 74.7 Å². The molecule has 0 saturated carbocycles. The minimum absolute atomic E-state index is 0.0505. The molecule has 1 spiro atoms. The van der Waals surface area contributed by atoms with E-state index in [0.29, 0.717) is 32.5 Å². The molecule has 4 unspecified atom stereocenters. The lowest BCUT2D eigenvalue weighted by Gasteiger charge is -2.39. The van der Waals surface area contributed by atoms with Gasteiger partial charge in [0.25, 0.3) is 0 Å². The Morgan fingerprint density at radius 2 is 1.93 bits per heavy atom. The van der Waals surface area contributed by atoms with Crippen LogP contribution in [-0.4, -0.2) is 92.4 Å². The highest BCUT2D eigenvalue weighted by atomic mass is 79.9. The fourth-order valence-corrected chi connectivity index (χ4v) is 7.88. The summed E-state index contributed by atoms with van der Waals surface area (Å²) < 4.78 is 6.67. The highest BCUT2D eigenvalue weighted by Crippen LogP contribution is 2.60. The van der Waals surface area contributed by atoms with E-state index in [-0.39, 0.29) is 41.7 Å². The maximum absolute atomic E-state index is 14.4. The van der Waals surface area contributed by atoms with Crippen molar-refractivity contribution in [3.63, 3.8) is 0 Å². The lowest BCUT2D eigenvalue weighted by molar-refractivity contribution is -0.150. The van der Waals surface area contributed by atoms with Crippen molar-refractivity contribution in [1.82, 2.24) is 14.7 Å². The predicted molar refractivity (Wildman–Crippen MR) is 157 cm³/mol. The smallest absolute Gasteiger partial charge is 0.248 e. The van der Waals surface area contributed by atoms with Crippen LogP contribution in [0.25, 0.3) is 0 Å². The first-order chi connectivity index (χ1) is 19.2. The van der Waals surface area contributed by atoms with E-state index in [1.165, 1.54) is 0 Å². The van der Waals surface area contributed by atoms with Gasteiger partial charge in [-0.1, -0.05) is 71.8 Å². The minimum atomic E-state index is -1.12. The number of likely N-dealkylation sites (tertiary alicyclic amines) is 1. The van der Waals surface area contributed by atoms with E-state index in [1.807, 2.05) is 37.3 Å². The zero-order valence-electron chi connectivity index (χ0n) is 23.6. The van der Waals surface area contributed by atoms with Gasteiger partial charge < -0.3 is 24.5 Å². The van der Waals surface area contributed by atoms with Crippen molar-refractivity contribution >= 4 is 33.7 Å². The van der Waals surface area contributed by atoms with E-state index in [9.17, 15) is 19.5 Å². The topological polar surface area (TPSA) is 90.4 Å². The van der Waals surface area contributed by atoms with Crippen molar-refractivity contribution in [3.05, 3.63) is 61.2 Å². The summed E-state index contributed by atoms with van der Waals surface area (Å²) in [5, 5.41) is 9.62. The predicted octanol–water partition coefficient (Wildman–Crippen LogP) is 3.53. The Balaban J connectivity index is 1.73. The summed E-state index contributed by atoms with van der Waals surface area (Å²) in [4.78, 5) is 47.7. The molecule has 0 radical (unpaired) electrons. The lowest BCUT2D eigenvalue weighted by atomic mass is 9.70. The molecule has 9 heteroatoms. The lowest BCUT2D eigenvalue weighted by Crippen LogP contribution is -2.58. The Labute approximate surface area is 246 Å². The van der Waals surface area contributed by atoms with Crippen LogP contribution in [0.1, 0.15) is 45.1 Å². The van der Waals surface area contributed by atoms with Crippen LogP contribution in [-0.2, 0) is 25.7 Å². The van der Waals surface area contributed by atoms with Crippen LogP contribution in [0.15, 0.2) is 55.6 Å².